The number of amides is 1. The van der Waals surface area contributed by atoms with Gasteiger partial charge in [0.2, 0.25) is 0 Å². The van der Waals surface area contributed by atoms with Crippen molar-refractivity contribution in [1.29, 1.82) is 0 Å². The van der Waals surface area contributed by atoms with Crippen molar-refractivity contribution < 1.29 is 14.3 Å². The summed E-state index contributed by atoms with van der Waals surface area (Å²) in [6.07, 6.45) is 1.53. The van der Waals surface area contributed by atoms with Crippen molar-refractivity contribution in [3.63, 3.8) is 0 Å². The summed E-state index contributed by atoms with van der Waals surface area (Å²) < 4.78 is 11.2. The van der Waals surface area contributed by atoms with Gasteiger partial charge in [-0.3, -0.25) is 9.78 Å². The molecular formula is C18H21ClN2O3. The van der Waals surface area contributed by atoms with Crippen molar-refractivity contribution >= 4 is 28.4 Å². The summed E-state index contributed by atoms with van der Waals surface area (Å²) in [7, 11) is 1.63. The quantitative estimate of drug-likeness (QED) is 0.855. The molecule has 1 atom stereocenters. The van der Waals surface area contributed by atoms with Crippen LogP contribution in [-0.4, -0.2) is 54.3 Å². The molecule has 5 nitrogen and oxygen atoms in total. The maximum Gasteiger partial charge on any atom is 0.256 e. The minimum atomic E-state index is -0.424. The molecule has 1 amide bonds. The van der Waals surface area contributed by atoms with Crippen LogP contribution in [0.2, 0.25) is 5.02 Å². The van der Waals surface area contributed by atoms with Crippen LogP contribution >= 0.6 is 11.6 Å². The summed E-state index contributed by atoms with van der Waals surface area (Å²) >= 11 is 6.23. The molecule has 1 saturated heterocycles. The van der Waals surface area contributed by atoms with E-state index in [9.17, 15) is 4.79 Å². The van der Waals surface area contributed by atoms with E-state index in [-0.39, 0.29) is 12.0 Å². The van der Waals surface area contributed by atoms with E-state index in [1.807, 2.05) is 30.9 Å². The van der Waals surface area contributed by atoms with Crippen LogP contribution in [0.4, 0.5) is 0 Å². The standard InChI is InChI=1S/C18H21ClN2O3/c1-18(2)11-21(9-12(24-18)10-23-3)17(22)14-6-7-15(19)13-5-4-8-20-16(13)14/h4-8,12H,9-11H2,1-3H3/t12-/m1/s1. The molecule has 1 aromatic carbocycles. The fourth-order valence-corrected chi connectivity index (χ4v) is 3.42. The van der Waals surface area contributed by atoms with Gasteiger partial charge in [0.25, 0.3) is 5.91 Å². The number of morpholine rings is 1. The molecular weight excluding hydrogens is 328 g/mol. The number of carbonyl (C=O) groups excluding carboxylic acids is 1. The Labute approximate surface area is 146 Å². The van der Waals surface area contributed by atoms with Gasteiger partial charge in [0, 0.05) is 31.8 Å². The third-order valence-corrected chi connectivity index (χ3v) is 4.40. The first-order valence-electron chi connectivity index (χ1n) is 7.90. The van der Waals surface area contributed by atoms with Crippen LogP contribution in [0.5, 0.6) is 0 Å². The Bertz CT molecular complexity index is 763. The van der Waals surface area contributed by atoms with E-state index in [0.29, 0.717) is 35.8 Å². The van der Waals surface area contributed by atoms with Crippen molar-refractivity contribution in [2.24, 2.45) is 0 Å². The molecule has 6 heteroatoms. The average molecular weight is 349 g/mol. The molecule has 0 N–H and O–H groups in total. The zero-order valence-electron chi connectivity index (χ0n) is 14.1. The Morgan fingerprint density at radius 1 is 1.46 bits per heavy atom. The summed E-state index contributed by atoms with van der Waals surface area (Å²) in [5, 5.41) is 1.38. The Balaban J connectivity index is 1.95. The third-order valence-electron chi connectivity index (χ3n) is 4.07. The van der Waals surface area contributed by atoms with E-state index in [0.717, 1.165) is 5.39 Å². The third kappa shape index (κ3) is 3.38. The average Bonchev–Trinajstić information content (AvgIpc) is 2.54. The number of benzene rings is 1. The zero-order valence-corrected chi connectivity index (χ0v) is 14.8. The fourth-order valence-electron chi connectivity index (χ4n) is 3.20. The highest BCUT2D eigenvalue weighted by atomic mass is 35.5. The molecule has 1 aromatic heterocycles. The summed E-state index contributed by atoms with van der Waals surface area (Å²) in [4.78, 5) is 19.3. The van der Waals surface area contributed by atoms with E-state index in [4.69, 9.17) is 21.1 Å². The second-order valence-corrected chi connectivity index (χ2v) is 7.04. The van der Waals surface area contributed by atoms with Crippen LogP contribution in [0.15, 0.2) is 30.5 Å². The maximum atomic E-state index is 13.1. The highest BCUT2D eigenvalue weighted by Crippen LogP contribution is 2.28. The van der Waals surface area contributed by atoms with Crippen LogP contribution in [-0.2, 0) is 9.47 Å². The molecule has 0 bridgehead atoms. The topological polar surface area (TPSA) is 51.7 Å². The van der Waals surface area contributed by atoms with Gasteiger partial charge in [-0.1, -0.05) is 11.6 Å². The molecule has 0 radical (unpaired) electrons. The van der Waals surface area contributed by atoms with Crippen LogP contribution in [0, 0.1) is 0 Å². The van der Waals surface area contributed by atoms with Crippen LogP contribution < -0.4 is 0 Å². The molecule has 0 saturated carbocycles. The van der Waals surface area contributed by atoms with Crippen molar-refractivity contribution in [2.75, 3.05) is 26.8 Å². The zero-order chi connectivity index (χ0) is 17.3. The van der Waals surface area contributed by atoms with Gasteiger partial charge in [0.05, 0.1) is 34.4 Å². The first-order chi connectivity index (χ1) is 11.4. The summed E-state index contributed by atoms with van der Waals surface area (Å²) in [6.45, 7) is 5.42. The van der Waals surface area contributed by atoms with Crippen molar-refractivity contribution in [3.05, 3.63) is 41.0 Å². The summed E-state index contributed by atoms with van der Waals surface area (Å²) in [5.74, 6) is -0.0622. The lowest BCUT2D eigenvalue weighted by Crippen LogP contribution is -2.55. The van der Waals surface area contributed by atoms with Gasteiger partial charge in [0.15, 0.2) is 0 Å². The molecule has 128 valence electrons. The van der Waals surface area contributed by atoms with E-state index < -0.39 is 5.60 Å². The Morgan fingerprint density at radius 2 is 2.25 bits per heavy atom. The minimum Gasteiger partial charge on any atom is -0.382 e. The number of aromatic nitrogens is 1. The number of nitrogens with zero attached hydrogens (tertiary/aromatic N) is 2. The Hall–Kier alpha value is -1.69. The molecule has 0 unspecified atom stereocenters. The number of carbonyl (C=O) groups is 1. The normalized spacial score (nSPS) is 20.3. The molecule has 1 aliphatic rings. The number of hydrogen-bond acceptors (Lipinski definition) is 4. The smallest absolute Gasteiger partial charge is 0.256 e. The lowest BCUT2D eigenvalue weighted by Gasteiger charge is -2.42. The molecule has 1 fully saturated rings. The first kappa shape index (κ1) is 17.1. The summed E-state index contributed by atoms with van der Waals surface area (Å²) in [5.41, 5.74) is 0.763. The molecule has 3 rings (SSSR count). The largest absolute Gasteiger partial charge is 0.382 e. The lowest BCUT2D eigenvalue weighted by atomic mass is 10.0. The second kappa shape index (κ2) is 6.67. The number of ether oxygens (including phenoxy) is 2. The van der Waals surface area contributed by atoms with Gasteiger partial charge in [-0.25, -0.2) is 0 Å². The van der Waals surface area contributed by atoms with Crippen LogP contribution in [0.3, 0.4) is 0 Å². The number of pyridine rings is 1. The Kier molecular flexibility index (Phi) is 4.76. The number of halogens is 1. The van der Waals surface area contributed by atoms with Gasteiger partial charge in [0.1, 0.15) is 0 Å². The molecule has 2 heterocycles. The van der Waals surface area contributed by atoms with Crippen LogP contribution in [0.25, 0.3) is 10.9 Å². The SMILES string of the molecule is COC[C@H]1CN(C(=O)c2ccc(Cl)c3cccnc23)CC(C)(C)O1. The predicted molar refractivity (Wildman–Crippen MR) is 93.5 cm³/mol. The van der Waals surface area contributed by atoms with E-state index in [1.54, 1.807) is 25.4 Å². The molecule has 2 aromatic rings. The van der Waals surface area contributed by atoms with Gasteiger partial charge in [-0.2, -0.15) is 0 Å². The van der Waals surface area contributed by atoms with Gasteiger partial charge in [-0.05, 0) is 38.1 Å². The molecule has 0 aliphatic carbocycles. The molecule has 0 spiro atoms. The van der Waals surface area contributed by atoms with E-state index in [2.05, 4.69) is 4.98 Å². The minimum absolute atomic E-state index is 0.0622. The van der Waals surface area contributed by atoms with Crippen molar-refractivity contribution in [1.82, 2.24) is 9.88 Å². The van der Waals surface area contributed by atoms with Gasteiger partial charge < -0.3 is 14.4 Å². The van der Waals surface area contributed by atoms with Gasteiger partial charge in [-0.15, -0.1) is 0 Å². The summed E-state index contributed by atoms with van der Waals surface area (Å²) in [6, 6.07) is 7.18. The number of hydrogen-bond donors (Lipinski definition) is 0. The van der Waals surface area contributed by atoms with Crippen molar-refractivity contribution in [2.45, 2.75) is 25.6 Å². The highest BCUT2D eigenvalue weighted by molar-refractivity contribution is 6.36. The number of rotatable bonds is 3. The van der Waals surface area contributed by atoms with E-state index in [1.165, 1.54) is 0 Å². The monoisotopic (exact) mass is 348 g/mol. The maximum absolute atomic E-state index is 13.1. The van der Waals surface area contributed by atoms with E-state index >= 15 is 0 Å². The van der Waals surface area contributed by atoms with Crippen molar-refractivity contribution in [3.8, 4) is 0 Å². The highest BCUT2D eigenvalue weighted by Gasteiger charge is 2.36. The Morgan fingerprint density at radius 3 is 3.00 bits per heavy atom. The fraction of sp³-hybridized carbons (Fsp3) is 0.444. The molecule has 24 heavy (non-hydrogen) atoms. The lowest BCUT2D eigenvalue weighted by molar-refractivity contribution is -0.143. The number of fused-ring (bicyclic) bond motifs is 1. The molecule has 1 aliphatic heterocycles. The number of methoxy groups -OCH3 is 1. The van der Waals surface area contributed by atoms with Gasteiger partial charge >= 0.3 is 0 Å². The second-order valence-electron chi connectivity index (χ2n) is 6.64. The first-order valence-corrected chi connectivity index (χ1v) is 8.28. The predicted octanol–water partition coefficient (Wildman–Crippen LogP) is 3.15. The van der Waals surface area contributed by atoms with Crippen LogP contribution in [0.1, 0.15) is 24.2 Å².